The average molecular weight is 249 g/mol. The maximum Gasteiger partial charge on any atom is 0 e. The first-order valence-corrected chi connectivity index (χ1v) is 0. The van der Waals surface area contributed by atoms with E-state index in [0.29, 0.717) is 0 Å². The molecular formula is H12Al2NiO6Si. The second kappa shape index (κ2) is 406. The smallest absolute Gasteiger partial charge is 0 e. The molecule has 0 saturated heterocycles. The van der Waals surface area contributed by atoms with Crippen LogP contribution in [0.3, 0.4) is 0 Å². The Labute approximate surface area is 94.8 Å². The fourth-order valence-corrected chi connectivity index (χ4v) is 0. The number of rotatable bonds is 0. The molecule has 10 heteroatoms. The molecule has 10 radical (unpaired) electrons. The van der Waals surface area contributed by atoms with Crippen LogP contribution in [0.15, 0.2) is 0 Å². The van der Waals surface area contributed by atoms with Crippen molar-refractivity contribution in [3.05, 3.63) is 0 Å². The van der Waals surface area contributed by atoms with Crippen molar-refractivity contribution in [3.8, 4) is 0 Å². The molecule has 0 aliphatic carbocycles. The van der Waals surface area contributed by atoms with Gasteiger partial charge in [-0.15, -0.1) is 0 Å². The molecule has 0 spiro atoms. The van der Waals surface area contributed by atoms with Gasteiger partial charge in [0.2, 0.25) is 0 Å². The normalized spacial score (nSPS) is 0. The van der Waals surface area contributed by atoms with E-state index in [1.165, 1.54) is 0 Å². The molecule has 68 valence electrons. The van der Waals surface area contributed by atoms with Crippen LogP contribution in [0.4, 0.5) is 0 Å². The molecule has 0 aliphatic heterocycles. The van der Waals surface area contributed by atoms with Crippen LogP contribution in [0.1, 0.15) is 0 Å². The van der Waals surface area contributed by atoms with Gasteiger partial charge >= 0.3 is 0 Å². The van der Waals surface area contributed by atoms with Crippen molar-refractivity contribution in [2.24, 2.45) is 0 Å². The molecule has 12 N–H and O–H groups in total. The van der Waals surface area contributed by atoms with Gasteiger partial charge in [-0.05, 0) is 0 Å². The van der Waals surface area contributed by atoms with E-state index in [1.54, 1.807) is 0 Å². The molecule has 0 aliphatic rings. The van der Waals surface area contributed by atoms with Gasteiger partial charge in [-0.3, -0.25) is 0 Å². The van der Waals surface area contributed by atoms with Gasteiger partial charge in [0.15, 0.2) is 0 Å². The Balaban J connectivity index is 0. The first-order valence-electron chi connectivity index (χ1n) is 0. The van der Waals surface area contributed by atoms with Crippen LogP contribution in [0.2, 0.25) is 0 Å². The summed E-state index contributed by atoms with van der Waals surface area (Å²) in [5.74, 6) is 0. The third-order valence-electron chi connectivity index (χ3n) is 0. The minimum atomic E-state index is 0. The van der Waals surface area contributed by atoms with Crippen molar-refractivity contribution in [1.29, 1.82) is 0 Å². The van der Waals surface area contributed by atoms with Crippen LogP contribution in [0.5, 0.6) is 0 Å². The van der Waals surface area contributed by atoms with E-state index in [2.05, 4.69) is 0 Å². The van der Waals surface area contributed by atoms with E-state index in [-0.39, 0.29) is 95.0 Å². The SMILES string of the molecule is O.O.O.O.O.O.[Al].[Al].[Ni].[Si]. The van der Waals surface area contributed by atoms with Crippen LogP contribution >= 0.6 is 0 Å². The van der Waals surface area contributed by atoms with Crippen molar-refractivity contribution >= 4 is 45.7 Å². The Hall–Kier alpha value is 1.54. The van der Waals surface area contributed by atoms with E-state index >= 15 is 0 Å². The number of hydrogen-bond donors (Lipinski definition) is 0. The fraction of sp³-hybridized carbons (Fsp3) is 0. The molecule has 0 unspecified atom stereocenters. The Morgan fingerprint density at radius 1 is 0.400 bits per heavy atom. The predicted octanol–water partition coefficient (Wildman–Crippen LogP) is -6.09. The molecule has 0 heterocycles. The van der Waals surface area contributed by atoms with Crippen LogP contribution in [-0.4, -0.2) is 78.5 Å². The zero-order valence-corrected chi connectivity index (χ0v) is 9.27. The third kappa shape index (κ3) is 295. The quantitative estimate of drug-likeness (QED) is 0.369. The molecular weight excluding hydrogens is 237 g/mol. The second-order valence-electron chi connectivity index (χ2n) is 0. The fourth-order valence-electron chi connectivity index (χ4n) is 0. The van der Waals surface area contributed by atoms with E-state index in [1.807, 2.05) is 0 Å². The van der Waals surface area contributed by atoms with Gasteiger partial charge in [0.05, 0.1) is 0 Å². The van der Waals surface area contributed by atoms with Gasteiger partial charge in [-0.2, -0.15) is 0 Å². The van der Waals surface area contributed by atoms with E-state index in [0.717, 1.165) is 0 Å². The molecule has 0 amide bonds. The monoisotopic (exact) mass is 248 g/mol. The summed E-state index contributed by atoms with van der Waals surface area (Å²) in [6, 6.07) is 0. The summed E-state index contributed by atoms with van der Waals surface area (Å²) in [5, 5.41) is 0. The summed E-state index contributed by atoms with van der Waals surface area (Å²) < 4.78 is 0. The molecule has 0 fully saturated rings. The van der Waals surface area contributed by atoms with Crippen LogP contribution in [0.25, 0.3) is 0 Å². The van der Waals surface area contributed by atoms with Gasteiger partial charge < -0.3 is 32.9 Å². The van der Waals surface area contributed by atoms with Crippen LogP contribution in [0, 0.1) is 0 Å². The standard InChI is InChI=1S/2Al.Ni.6H2O.Si/h;;;6*1H2;. The largest absolute Gasteiger partial charge is 0.412 e. The van der Waals surface area contributed by atoms with Gasteiger partial charge in [-0.25, -0.2) is 0 Å². The summed E-state index contributed by atoms with van der Waals surface area (Å²) in [4.78, 5) is 0. The van der Waals surface area contributed by atoms with E-state index in [4.69, 9.17) is 0 Å². The summed E-state index contributed by atoms with van der Waals surface area (Å²) in [6.45, 7) is 0. The zero-order valence-electron chi connectivity index (χ0n) is 4.97. The van der Waals surface area contributed by atoms with Gasteiger partial charge in [-0.1, -0.05) is 0 Å². The van der Waals surface area contributed by atoms with Gasteiger partial charge in [0.1, 0.15) is 0 Å². The minimum Gasteiger partial charge on any atom is -0.412 e. The second-order valence-corrected chi connectivity index (χ2v) is 0. The summed E-state index contributed by atoms with van der Waals surface area (Å²) in [6.07, 6.45) is 0. The summed E-state index contributed by atoms with van der Waals surface area (Å²) in [7, 11) is 0. The van der Waals surface area contributed by atoms with Gasteiger partial charge in [0.25, 0.3) is 0 Å². The Kier molecular flexibility index (Phi) is 22100. The molecule has 0 aromatic heterocycles. The third-order valence-corrected chi connectivity index (χ3v) is 0. The van der Waals surface area contributed by atoms with E-state index < -0.39 is 0 Å². The van der Waals surface area contributed by atoms with Crippen LogP contribution < -0.4 is 0 Å². The molecule has 0 atom stereocenters. The topological polar surface area (TPSA) is 189 Å². The Morgan fingerprint density at radius 3 is 0.400 bits per heavy atom. The van der Waals surface area contributed by atoms with E-state index in [9.17, 15) is 0 Å². The molecule has 0 saturated carbocycles. The Morgan fingerprint density at radius 2 is 0.400 bits per heavy atom. The van der Waals surface area contributed by atoms with Crippen LogP contribution in [-0.2, 0) is 16.5 Å². The summed E-state index contributed by atoms with van der Waals surface area (Å²) >= 11 is 0. The van der Waals surface area contributed by atoms with Crippen molar-refractivity contribution in [3.63, 3.8) is 0 Å². The zero-order chi connectivity index (χ0) is 0. The minimum absolute atomic E-state index is 0. The molecule has 0 aromatic carbocycles. The predicted molar refractivity (Wildman–Crippen MR) is 38.9 cm³/mol. The molecule has 6 nitrogen and oxygen atoms in total. The molecule has 0 aromatic rings. The molecule has 10 heavy (non-hydrogen) atoms. The van der Waals surface area contributed by atoms with Gasteiger partial charge in [0, 0.05) is 62.2 Å². The average Bonchev–Trinajstić information content (AvgIpc) is 0. The molecule has 0 bridgehead atoms. The van der Waals surface area contributed by atoms with Crippen molar-refractivity contribution in [2.45, 2.75) is 0 Å². The van der Waals surface area contributed by atoms with Crippen molar-refractivity contribution in [2.75, 3.05) is 0 Å². The maximum absolute atomic E-state index is 0. The first-order chi connectivity index (χ1) is 0. The summed E-state index contributed by atoms with van der Waals surface area (Å²) in [5.41, 5.74) is 0. The van der Waals surface area contributed by atoms with Crippen molar-refractivity contribution in [1.82, 2.24) is 0 Å². The first kappa shape index (κ1) is 543. The molecule has 0 rings (SSSR count). The Bertz CT molecular complexity index is 15.7. The van der Waals surface area contributed by atoms with Crippen molar-refractivity contribution < 1.29 is 49.3 Å². The number of hydrogen-bond acceptors (Lipinski definition) is 0. The maximum atomic E-state index is 0.